The highest BCUT2D eigenvalue weighted by Crippen LogP contribution is 2.38. The van der Waals surface area contributed by atoms with Crippen molar-refractivity contribution in [2.45, 2.75) is 19.4 Å². The van der Waals surface area contributed by atoms with E-state index in [-0.39, 0.29) is 5.82 Å². The third kappa shape index (κ3) is 7.10. The highest BCUT2D eigenvalue weighted by atomic mass is 16.6. The fourth-order valence-electron chi connectivity index (χ4n) is 6.21. The minimum Gasteiger partial charge on any atom is -0.493 e. The van der Waals surface area contributed by atoms with Crippen molar-refractivity contribution in [2.75, 3.05) is 46.8 Å². The Morgan fingerprint density at radius 2 is 1.51 bits per heavy atom. The predicted molar refractivity (Wildman–Crippen MR) is 191 cm³/mol. The number of nitrogens with one attached hydrogen (secondary N) is 1. The van der Waals surface area contributed by atoms with Gasteiger partial charge in [0.1, 0.15) is 5.52 Å². The van der Waals surface area contributed by atoms with Crippen molar-refractivity contribution < 1.29 is 28.5 Å². The maximum absolute atomic E-state index is 13.2. The fourth-order valence-corrected chi connectivity index (χ4v) is 6.21. The molecule has 4 aromatic carbocycles. The minimum absolute atomic E-state index is 0.266. The number of methoxy groups -OCH3 is 4. The Bertz CT molecular complexity index is 2180. The molecule has 1 aliphatic rings. The molecule has 1 aliphatic heterocycles. The summed E-state index contributed by atoms with van der Waals surface area (Å²) in [6.45, 7) is 2.77. The Hall–Kier alpha value is -6.21. The number of para-hydroxylation sites is 1. The molecule has 0 saturated heterocycles. The number of carbonyl (C=O) groups excluding carboxylic acids is 1. The smallest absolute Gasteiger partial charge is 0.417 e. The molecular formula is C38H37N7O6. The zero-order valence-corrected chi connectivity index (χ0v) is 28.8. The van der Waals surface area contributed by atoms with E-state index >= 15 is 0 Å². The second-order valence-electron chi connectivity index (χ2n) is 11.9. The van der Waals surface area contributed by atoms with Crippen LogP contribution in [-0.4, -0.2) is 77.7 Å². The van der Waals surface area contributed by atoms with Gasteiger partial charge in [0.15, 0.2) is 28.7 Å². The number of carbonyl (C=O) groups is 1. The van der Waals surface area contributed by atoms with Gasteiger partial charge in [-0.25, -0.2) is 4.79 Å². The molecular weight excluding hydrogens is 650 g/mol. The fraction of sp³-hybridized carbons (Fsp3) is 0.237. The number of anilines is 1. The molecule has 2 aromatic heterocycles. The third-order valence-corrected chi connectivity index (χ3v) is 8.89. The van der Waals surface area contributed by atoms with Crippen LogP contribution in [0.5, 0.6) is 28.7 Å². The van der Waals surface area contributed by atoms with Gasteiger partial charge in [0.05, 0.1) is 45.4 Å². The molecule has 0 fully saturated rings. The van der Waals surface area contributed by atoms with Gasteiger partial charge in [-0.3, -0.25) is 15.2 Å². The van der Waals surface area contributed by atoms with E-state index in [4.69, 9.17) is 23.7 Å². The Balaban J connectivity index is 1.05. The second kappa shape index (κ2) is 14.7. The van der Waals surface area contributed by atoms with Gasteiger partial charge in [0, 0.05) is 37.3 Å². The molecule has 13 heteroatoms. The number of aromatic nitrogens is 5. The zero-order valence-electron chi connectivity index (χ0n) is 28.8. The van der Waals surface area contributed by atoms with Gasteiger partial charge < -0.3 is 23.7 Å². The van der Waals surface area contributed by atoms with E-state index < -0.39 is 6.09 Å². The van der Waals surface area contributed by atoms with Crippen molar-refractivity contribution in [2.24, 2.45) is 0 Å². The Labute approximate surface area is 294 Å². The molecule has 0 unspecified atom stereocenters. The van der Waals surface area contributed by atoms with Gasteiger partial charge in [-0.15, -0.1) is 15.0 Å². The van der Waals surface area contributed by atoms with Crippen molar-refractivity contribution >= 4 is 22.7 Å². The van der Waals surface area contributed by atoms with Crippen molar-refractivity contribution in [3.05, 3.63) is 102 Å². The van der Waals surface area contributed by atoms with Crippen LogP contribution in [0.15, 0.2) is 85.1 Å². The lowest BCUT2D eigenvalue weighted by Crippen LogP contribution is -2.32. The normalized spacial score (nSPS) is 12.6. The maximum Gasteiger partial charge on any atom is 0.417 e. The van der Waals surface area contributed by atoms with E-state index in [2.05, 4.69) is 54.9 Å². The molecule has 0 saturated carbocycles. The van der Waals surface area contributed by atoms with Crippen molar-refractivity contribution in [1.82, 2.24) is 30.1 Å². The number of nitrogens with zero attached hydrogens (tertiary/aromatic N) is 6. The largest absolute Gasteiger partial charge is 0.493 e. The summed E-state index contributed by atoms with van der Waals surface area (Å²) in [7, 11) is 6.38. The van der Waals surface area contributed by atoms with Gasteiger partial charge in [-0.05, 0) is 77.2 Å². The highest BCUT2D eigenvalue weighted by molar-refractivity contribution is 5.94. The quantitative estimate of drug-likeness (QED) is 0.169. The molecule has 7 rings (SSSR count). The van der Waals surface area contributed by atoms with E-state index in [0.717, 1.165) is 55.0 Å². The first-order valence-electron chi connectivity index (χ1n) is 16.4. The van der Waals surface area contributed by atoms with Crippen LogP contribution in [0, 0.1) is 0 Å². The first-order chi connectivity index (χ1) is 25.0. The summed E-state index contributed by atoms with van der Waals surface area (Å²) in [5.41, 5.74) is 5.89. The van der Waals surface area contributed by atoms with Crippen molar-refractivity contribution in [3.63, 3.8) is 0 Å². The van der Waals surface area contributed by atoms with Crippen LogP contribution in [0.25, 0.3) is 28.0 Å². The van der Waals surface area contributed by atoms with Crippen molar-refractivity contribution in [1.29, 1.82) is 0 Å². The average molecular weight is 688 g/mol. The summed E-state index contributed by atoms with van der Waals surface area (Å²) in [6.07, 6.45) is 2.78. The molecule has 6 aromatic rings. The number of hydrogen-bond donors (Lipinski definition) is 1. The zero-order chi connectivity index (χ0) is 35.3. The Morgan fingerprint density at radius 3 is 2.27 bits per heavy atom. The first kappa shape index (κ1) is 33.3. The second-order valence-corrected chi connectivity index (χ2v) is 11.9. The van der Waals surface area contributed by atoms with Gasteiger partial charge >= 0.3 is 6.09 Å². The van der Waals surface area contributed by atoms with Crippen molar-refractivity contribution in [3.8, 4) is 45.8 Å². The summed E-state index contributed by atoms with van der Waals surface area (Å²) in [6, 6.07) is 24.7. The number of tetrazole rings is 1. The molecule has 1 N–H and O–H groups in total. The number of hydrogen-bond acceptors (Lipinski definition) is 11. The predicted octanol–water partition coefficient (Wildman–Crippen LogP) is 6.12. The lowest BCUT2D eigenvalue weighted by atomic mass is 9.98. The first-order valence-corrected chi connectivity index (χ1v) is 16.4. The molecule has 0 spiro atoms. The summed E-state index contributed by atoms with van der Waals surface area (Å²) in [4.78, 5) is 21.4. The lowest BCUT2D eigenvalue weighted by molar-refractivity contribution is 0.215. The molecule has 0 radical (unpaired) electrons. The monoisotopic (exact) mass is 687 g/mol. The summed E-state index contributed by atoms with van der Waals surface area (Å²) in [5, 5.41) is 16.9. The van der Waals surface area contributed by atoms with E-state index in [0.29, 0.717) is 34.0 Å². The molecule has 13 nitrogen and oxygen atoms in total. The number of ether oxygens (including phenoxy) is 5. The Morgan fingerprint density at radius 1 is 0.804 bits per heavy atom. The Kier molecular flexibility index (Phi) is 9.61. The van der Waals surface area contributed by atoms with Gasteiger partial charge in [0.2, 0.25) is 5.82 Å². The number of rotatable bonds is 11. The standard InChI is InChI=1S/C38H37N7O6/c1-47-32-19-26-15-18-44(23-27(26)20-33(32)48-2)17-14-24-10-12-28(13-11-24)45-42-37(41-43-45)29-21-34(49-3)35(50-4)22-30(29)40-38(46)51-31-9-5-7-25-8-6-16-39-36(25)31/h5-13,16,19-22H,14-15,17-18,23H2,1-4H3,(H,40,46). The van der Waals surface area contributed by atoms with Crippen LogP contribution in [0.2, 0.25) is 0 Å². The van der Waals surface area contributed by atoms with E-state index in [1.807, 2.05) is 30.3 Å². The average Bonchev–Trinajstić information content (AvgIpc) is 3.66. The molecule has 3 heterocycles. The third-order valence-electron chi connectivity index (χ3n) is 8.89. The number of amides is 1. The molecule has 0 aliphatic carbocycles. The van der Waals surface area contributed by atoms with E-state index in [1.165, 1.54) is 35.7 Å². The highest BCUT2D eigenvalue weighted by Gasteiger charge is 2.21. The number of fused-ring (bicyclic) bond motifs is 2. The van der Waals surface area contributed by atoms with E-state index in [1.54, 1.807) is 44.7 Å². The molecule has 260 valence electrons. The summed E-state index contributed by atoms with van der Waals surface area (Å²) in [5.74, 6) is 2.95. The molecule has 0 bridgehead atoms. The molecule has 1 amide bonds. The van der Waals surface area contributed by atoms with Gasteiger partial charge in [-0.1, -0.05) is 30.3 Å². The van der Waals surface area contributed by atoms with Gasteiger partial charge in [-0.2, -0.15) is 0 Å². The SMILES string of the molecule is COc1cc2c(cc1OC)CN(CCc1ccc(-n3nnc(-c4cc(OC)c(OC)cc4NC(=O)Oc4cccc5cccnc45)n3)cc1)CC2. The van der Waals surface area contributed by atoms with Gasteiger partial charge in [0.25, 0.3) is 0 Å². The molecule has 0 atom stereocenters. The topological polar surface area (TPSA) is 135 Å². The number of benzene rings is 4. The lowest BCUT2D eigenvalue weighted by Gasteiger charge is -2.29. The van der Waals surface area contributed by atoms with E-state index in [9.17, 15) is 4.79 Å². The van der Waals surface area contributed by atoms with Crippen LogP contribution in [0.1, 0.15) is 16.7 Å². The van der Waals surface area contributed by atoms with Crippen LogP contribution in [-0.2, 0) is 19.4 Å². The van der Waals surface area contributed by atoms with Crippen LogP contribution >= 0.6 is 0 Å². The summed E-state index contributed by atoms with van der Waals surface area (Å²) < 4.78 is 27.7. The van der Waals surface area contributed by atoms with Crippen LogP contribution in [0.4, 0.5) is 10.5 Å². The van der Waals surface area contributed by atoms with Crippen LogP contribution < -0.4 is 29.0 Å². The minimum atomic E-state index is -0.724. The number of pyridine rings is 1. The molecule has 51 heavy (non-hydrogen) atoms. The van der Waals surface area contributed by atoms with Crippen LogP contribution in [0.3, 0.4) is 0 Å². The summed E-state index contributed by atoms with van der Waals surface area (Å²) >= 11 is 0. The maximum atomic E-state index is 13.2.